The summed E-state index contributed by atoms with van der Waals surface area (Å²) in [6.07, 6.45) is -4.51. The number of benzene rings is 1. The monoisotopic (exact) mass is 435 g/mol. The van der Waals surface area contributed by atoms with Crippen molar-refractivity contribution < 1.29 is 35.1 Å². The molecule has 13 heteroatoms. The van der Waals surface area contributed by atoms with Gasteiger partial charge >= 0.3 is 18.0 Å². The molecule has 1 saturated carbocycles. The van der Waals surface area contributed by atoms with Crippen LogP contribution in [-0.2, 0) is 11.8 Å². The van der Waals surface area contributed by atoms with E-state index in [9.17, 15) is 35.1 Å². The van der Waals surface area contributed by atoms with Gasteiger partial charge in [-0.25, -0.2) is 9.07 Å². The molecule has 1 heterocycles. The van der Waals surface area contributed by atoms with E-state index in [2.05, 4.69) is 5.10 Å². The van der Waals surface area contributed by atoms with Crippen molar-refractivity contribution in [1.82, 2.24) is 9.78 Å². The number of nitrogens with zero attached hydrogens (tertiary/aromatic N) is 3. The second-order valence-electron chi connectivity index (χ2n) is 5.54. The number of hydrogen-bond acceptors (Lipinski definition) is 2. The van der Waals surface area contributed by atoms with Crippen LogP contribution in [0.25, 0.3) is 5.69 Å². The SMILES string of the molecule is N#Cc1nn(-c2c(Cl)cc(C(F)(F)F)cc2Cl)cc1C1(F)C(F)(F)C1(F)F. The molecule has 0 spiro atoms. The van der Waals surface area contributed by atoms with Gasteiger partial charge in [0.1, 0.15) is 11.8 Å². The Morgan fingerprint density at radius 3 is 1.85 bits per heavy atom. The molecule has 3 rings (SSSR count). The van der Waals surface area contributed by atoms with Crippen LogP contribution < -0.4 is 0 Å². The van der Waals surface area contributed by atoms with Crippen LogP contribution in [0.4, 0.5) is 35.1 Å². The first-order valence-corrected chi connectivity index (χ1v) is 7.47. The van der Waals surface area contributed by atoms with Crippen LogP contribution in [0.2, 0.25) is 10.0 Å². The quantitative estimate of drug-likeness (QED) is 0.583. The van der Waals surface area contributed by atoms with Crippen LogP contribution in [-0.4, -0.2) is 21.6 Å². The maximum absolute atomic E-state index is 14.3. The fourth-order valence-corrected chi connectivity index (χ4v) is 3.16. The van der Waals surface area contributed by atoms with Gasteiger partial charge in [0.2, 0.25) is 0 Å². The Labute approximate surface area is 154 Å². The third-order valence-electron chi connectivity index (χ3n) is 3.96. The van der Waals surface area contributed by atoms with Gasteiger partial charge in [0, 0.05) is 6.20 Å². The highest BCUT2D eigenvalue weighted by atomic mass is 35.5. The van der Waals surface area contributed by atoms with Crippen molar-refractivity contribution in [3.05, 3.63) is 45.2 Å². The van der Waals surface area contributed by atoms with Gasteiger partial charge in [-0.05, 0) is 12.1 Å². The first-order valence-electron chi connectivity index (χ1n) is 6.71. The maximum atomic E-state index is 14.3. The van der Waals surface area contributed by atoms with E-state index in [1.165, 1.54) is 6.07 Å². The molecule has 0 radical (unpaired) electrons. The molecule has 1 aromatic heterocycles. The lowest BCUT2D eigenvalue weighted by Gasteiger charge is -2.12. The molecule has 3 nitrogen and oxygen atoms in total. The first-order chi connectivity index (χ1) is 12.2. The van der Waals surface area contributed by atoms with Crippen molar-refractivity contribution in [2.24, 2.45) is 0 Å². The summed E-state index contributed by atoms with van der Waals surface area (Å²) in [4.78, 5) is 0. The third kappa shape index (κ3) is 2.42. The van der Waals surface area contributed by atoms with Crippen LogP contribution in [0.15, 0.2) is 18.3 Å². The van der Waals surface area contributed by atoms with E-state index in [-0.39, 0.29) is 0 Å². The molecule has 1 aliphatic carbocycles. The molecule has 0 amide bonds. The predicted octanol–water partition coefficient (Wildman–Crippen LogP) is 5.52. The second-order valence-corrected chi connectivity index (χ2v) is 6.36. The summed E-state index contributed by atoms with van der Waals surface area (Å²) in [6.45, 7) is 0. The van der Waals surface area contributed by atoms with Crippen molar-refractivity contribution in [3.63, 3.8) is 0 Å². The molecule has 0 unspecified atom stereocenters. The number of rotatable bonds is 2. The van der Waals surface area contributed by atoms with Crippen molar-refractivity contribution in [2.45, 2.75) is 23.7 Å². The molecule has 0 aliphatic heterocycles. The van der Waals surface area contributed by atoms with E-state index in [1.807, 2.05) is 0 Å². The molecule has 0 atom stereocenters. The summed E-state index contributed by atoms with van der Waals surface area (Å²) in [5.74, 6) is -10.2. The summed E-state index contributed by atoms with van der Waals surface area (Å²) < 4.78 is 106. The minimum Gasteiger partial charge on any atom is -0.236 e. The number of nitriles is 1. The summed E-state index contributed by atoms with van der Waals surface area (Å²) >= 11 is 11.4. The van der Waals surface area contributed by atoms with E-state index in [0.29, 0.717) is 23.0 Å². The maximum Gasteiger partial charge on any atom is 0.416 e. The number of halogens is 10. The molecule has 1 aliphatic rings. The van der Waals surface area contributed by atoms with Gasteiger partial charge in [-0.1, -0.05) is 23.2 Å². The summed E-state index contributed by atoms with van der Waals surface area (Å²) in [7, 11) is 0. The largest absolute Gasteiger partial charge is 0.416 e. The van der Waals surface area contributed by atoms with Crippen molar-refractivity contribution in [2.75, 3.05) is 0 Å². The Hall–Kier alpha value is -2.06. The number of alkyl halides is 8. The van der Waals surface area contributed by atoms with Gasteiger partial charge in [-0.3, -0.25) is 0 Å². The van der Waals surface area contributed by atoms with E-state index in [1.54, 1.807) is 0 Å². The fourth-order valence-electron chi connectivity index (χ4n) is 2.50. The van der Waals surface area contributed by atoms with Gasteiger partial charge in [-0.2, -0.15) is 41.1 Å². The van der Waals surface area contributed by atoms with Crippen LogP contribution in [0, 0.1) is 11.3 Å². The average molecular weight is 436 g/mol. The van der Waals surface area contributed by atoms with Gasteiger partial charge in [0.25, 0.3) is 5.67 Å². The highest BCUT2D eigenvalue weighted by Gasteiger charge is 3.00. The molecule has 1 fully saturated rings. The number of hydrogen-bond donors (Lipinski definition) is 0. The Bertz CT molecular complexity index is 952. The second kappa shape index (κ2) is 5.48. The standard InChI is InChI=1S/C14H3Cl2F8N3/c15-7-1-5(12(18,19)20)2-8(16)10(7)27-4-6(9(3-25)26-27)11(17)13(21,22)14(11,23)24/h1-2,4H. The molecular formula is C14H3Cl2F8N3. The topological polar surface area (TPSA) is 41.6 Å². The van der Waals surface area contributed by atoms with Crippen LogP contribution in [0.1, 0.15) is 16.8 Å². The summed E-state index contributed by atoms with van der Waals surface area (Å²) in [5, 5.41) is 10.9. The van der Waals surface area contributed by atoms with Crippen LogP contribution >= 0.6 is 23.2 Å². The highest BCUT2D eigenvalue weighted by molar-refractivity contribution is 6.37. The lowest BCUT2D eigenvalue weighted by atomic mass is 10.1. The lowest BCUT2D eigenvalue weighted by molar-refractivity contribution is -0.137. The van der Waals surface area contributed by atoms with Crippen molar-refractivity contribution in [3.8, 4) is 11.8 Å². The van der Waals surface area contributed by atoms with E-state index < -0.39 is 56.2 Å². The van der Waals surface area contributed by atoms with E-state index >= 15 is 0 Å². The van der Waals surface area contributed by atoms with Gasteiger partial charge in [0.05, 0.1) is 21.2 Å². The molecule has 0 N–H and O–H groups in total. The van der Waals surface area contributed by atoms with Gasteiger partial charge < -0.3 is 0 Å². The fraction of sp³-hybridized carbons (Fsp3) is 0.286. The number of aromatic nitrogens is 2. The normalized spacial score (nSPS) is 19.6. The molecule has 0 bridgehead atoms. The minimum atomic E-state index is -5.09. The predicted molar refractivity (Wildman–Crippen MR) is 76.0 cm³/mol. The Kier molecular flexibility index (Phi) is 4.00. The van der Waals surface area contributed by atoms with Gasteiger partial charge in [-0.15, -0.1) is 0 Å². The zero-order valence-electron chi connectivity index (χ0n) is 12.4. The molecule has 27 heavy (non-hydrogen) atoms. The van der Waals surface area contributed by atoms with Crippen molar-refractivity contribution in [1.29, 1.82) is 5.26 Å². The summed E-state index contributed by atoms with van der Waals surface area (Å²) in [5.41, 5.74) is -8.84. The van der Waals surface area contributed by atoms with Crippen LogP contribution in [0.3, 0.4) is 0 Å². The minimum absolute atomic E-state index is 0.313. The van der Waals surface area contributed by atoms with E-state index in [0.717, 1.165) is 0 Å². The summed E-state index contributed by atoms with van der Waals surface area (Å²) in [6, 6.07) is 2.01. The Morgan fingerprint density at radius 2 is 1.48 bits per heavy atom. The van der Waals surface area contributed by atoms with Gasteiger partial charge in [0.15, 0.2) is 5.69 Å². The Balaban J connectivity index is 2.18. The first kappa shape index (κ1) is 19.7. The zero-order chi connectivity index (χ0) is 20.6. The van der Waals surface area contributed by atoms with Crippen LogP contribution in [0.5, 0.6) is 0 Å². The molecule has 2 aromatic rings. The average Bonchev–Trinajstić information content (AvgIpc) is 2.85. The molecule has 144 valence electrons. The third-order valence-corrected chi connectivity index (χ3v) is 4.54. The van der Waals surface area contributed by atoms with E-state index in [4.69, 9.17) is 28.5 Å². The molecular weight excluding hydrogens is 433 g/mol. The molecule has 1 aromatic carbocycles. The molecule has 0 saturated heterocycles. The lowest BCUT2D eigenvalue weighted by Crippen LogP contribution is -2.12. The zero-order valence-corrected chi connectivity index (χ0v) is 13.9. The Morgan fingerprint density at radius 1 is 1.00 bits per heavy atom. The smallest absolute Gasteiger partial charge is 0.236 e. The highest BCUT2D eigenvalue weighted by Crippen LogP contribution is 2.73. The van der Waals surface area contributed by atoms with Crippen molar-refractivity contribution >= 4 is 23.2 Å².